The summed E-state index contributed by atoms with van der Waals surface area (Å²) in [6.07, 6.45) is -2.37. The van der Waals surface area contributed by atoms with Gasteiger partial charge in [-0.3, -0.25) is 9.59 Å². The molecule has 1 atom stereocenters. The van der Waals surface area contributed by atoms with E-state index in [4.69, 9.17) is 0 Å². The lowest BCUT2D eigenvalue weighted by Gasteiger charge is -2.38. The molecule has 35 heavy (non-hydrogen) atoms. The summed E-state index contributed by atoms with van der Waals surface area (Å²) in [5, 5.41) is 21.1. The van der Waals surface area contributed by atoms with Crippen molar-refractivity contribution in [2.75, 3.05) is 18.4 Å². The lowest BCUT2D eigenvalue weighted by Crippen LogP contribution is -2.44. The monoisotopic (exact) mass is 489 g/mol. The van der Waals surface area contributed by atoms with Crippen molar-refractivity contribution in [1.82, 2.24) is 20.1 Å². The Labute approximate surface area is 199 Å². The van der Waals surface area contributed by atoms with E-state index in [0.29, 0.717) is 42.6 Å². The highest BCUT2D eigenvalue weighted by molar-refractivity contribution is 5.89. The highest BCUT2D eigenvalue weighted by atomic mass is 19.3. The van der Waals surface area contributed by atoms with Crippen molar-refractivity contribution in [2.45, 2.75) is 51.7 Å². The van der Waals surface area contributed by atoms with Crippen LogP contribution in [-0.2, 0) is 10.4 Å². The number of hydrogen-bond acceptors (Lipinski definition) is 6. The molecule has 1 aliphatic heterocycles. The van der Waals surface area contributed by atoms with Crippen LogP contribution in [-0.4, -0.2) is 44.2 Å². The number of nitrogens with one attached hydrogen (secondary N) is 2. The lowest BCUT2D eigenvalue weighted by molar-refractivity contribution is -0.133. The van der Waals surface area contributed by atoms with Crippen LogP contribution in [0.25, 0.3) is 10.9 Å². The van der Waals surface area contributed by atoms with Gasteiger partial charge in [-0.1, -0.05) is 18.2 Å². The fourth-order valence-corrected chi connectivity index (χ4v) is 4.57. The topological polar surface area (TPSA) is 111 Å². The van der Waals surface area contributed by atoms with E-state index in [1.54, 1.807) is 24.8 Å². The Morgan fingerprint density at radius 3 is 2.54 bits per heavy atom. The molecule has 186 valence electrons. The molecule has 4 rings (SSSR count). The molecule has 1 aromatic carbocycles. The second-order valence-electron chi connectivity index (χ2n) is 8.87. The summed E-state index contributed by atoms with van der Waals surface area (Å²) < 4.78 is 41.0. The summed E-state index contributed by atoms with van der Waals surface area (Å²) in [5.41, 5.74) is -1.46. The molecule has 0 saturated carbocycles. The summed E-state index contributed by atoms with van der Waals surface area (Å²) in [7, 11) is 0. The average Bonchev–Trinajstić information content (AvgIpc) is 2.80. The van der Waals surface area contributed by atoms with E-state index < -0.39 is 35.0 Å². The summed E-state index contributed by atoms with van der Waals surface area (Å²) in [5.74, 6) is -0.926. The van der Waals surface area contributed by atoms with Gasteiger partial charge in [0.25, 0.3) is 12.0 Å². The summed E-state index contributed by atoms with van der Waals surface area (Å²) in [6, 6.07) is 4.63. The molecule has 3 heterocycles. The fourth-order valence-electron chi connectivity index (χ4n) is 4.57. The third-order valence-corrected chi connectivity index (χ3v) is 6.60. The molecule has 0 spiro atoms. The number of piperidine rings is 1. The SMILES string of the molecule is CC(=O)N1CCC(O)(c2cc3c(N[C@H](C)c4cccc(C(F)F)c4F)n[nH]c(=O)c3nc2C)CC1. The van der Waals surface area contributed by atoms with Crippen LogP contribution in [0.5, 0.6) is 0 Å². The van der Waals surface area contributed by atoms with Gasteiger partial charge >= 0.3 is 0 Å². The van der Waals surface area contributed by atoms with Gasteiger partial charge < -0.3 is 15.3 Å². The fraction of sp³-hybridized carbons (Fsp3) is 0.417. The van der Waals surface area contributed by atoms with E-state index in [2.05, 4.69) is 20.5 Å². The Kier molecular flexibility index (Phi) is 6.54. The first kappa shape index (κ1) is 24.6. The number of carbonyl (C=O) groups excluding carboxylic acids is 1. The third kappa shape index (κ3) is 4.60. The molecule has 1 amide bonds. The number of likely N-dealkylation sites (tertiary alicyclic amines) is 1. The number of rotatable bonds is 5. The maximum Gasteiger partial charge on any atom is 0.290 e. The van der Waals surface area contributed by atoms with E-state index in [1.807, 2.05) is 0 Å². The number of benzene rings is 1. The summed E-state index contributed by atoms with van der Waals surface area (Å²) >= 11 is 0. The zero-order valence-electron chi connectivity index (χ0n) is 19.5. The second kappa shape index (κ2) is 9.29. The molecular formula is C24H26F3N5O3. The van der Waals surface area contributed by atoms with Crippen LogP contribution in [0.2, 0.25) is 0 Å². The molecule has 0 radical (unpaired) electrons. The molecule has 2 aromatic heterocycles. The van der Waals surface area contributed by atoms with E-state index in [9.17, 15) is 27.9 Å². The minimum atomic E-state index is -2.96. The molecule has 0 unspecified atom stereocenters. The molecule has 1 aliphatic rings. The van der Waals surface area contributed by atoms with Gasteiger partial charge in [0, 0.05) is 36.8 Å². The molecular weight excluding hydrogens is 463 g/mol. The van der Waals surface area contributed by atoms with Gasteiger partial charge in [-0.05, 0) is 32.8 Å². The van der Waals surface area contributed by atoms with E-state index >= 15 is 0 Å². The predicted octanol–water partition coefficient (Wildman–Crippen LogP) is 3.71. The van der Waals surface area contributed by atoms with Crippen LogP contribution >= 0.6 is 0 Å². The van der Waals surface area contributed by atoms with Crippen LogP contribution in [0.4, 0.5) is 19.0 Å². The Morgan fingerprint density at radius 2 is 1.91 bits per heavy atom. The lowest BCUT2D eigenvalue weighted by atomic mass is 9.83. The number of pyridine rings is 1. The van der Waals surface area contributed by atoms with Gasteiger partial charge in [0.1, 0.15) is 11.3 Å². The molecule has 1 fully saturated rings. The number of H-pyrrole nitrogens is 1. The van der Waals surface area contributed by atoms with Crippen LogP contribution < -0.4 is 10.9 Å². The number of carbonyl (C=O) groups is 1. The molecule has 0 aliphatic carbocycles. The van der Waals surface area contributed by atoms with Crippen LogP contribution in [0, 0.1) is 12.7 Å². The van der Waals surface area contributed by atoms with Gasteiger partial charge in [-0.15, -0.1) is 0 Å². The first-order valence-electron chi connectivity index (χ1n) is 11.2. The van der Waals surface area contributed by atoms with Crippen LogP contribution in [0.1, 0.15) is 61.5 Å². The van der Waals surface area contributed by atoms with E-state index in [1.165, 1.54) is 19.1 Å². The summed E-state index contributed by atoms with van der Waals surface area (Å²) in [6.45, 7) is 5.49. The minimum absolute atomic E-state index is 0.0134. The minimum Gasteiger partial charge on any atom is -0.385 e. The number of aromatic nitrogens is 3. The van der Waals surface area contributed by atoms with Crippen molar-refractivity contribution < 1.29 is 23.1 Å². The Morgan fingerprint density at radius 1 is 1.26 bits per heavy atom. The number of anilines is 1. The van der Waals surface area contributed by atoms with Gasteiger partial charge in [0.2, 0.25) is 5.91 Å². The van der Waals surface area contributed by atoms with Crippen molar-refractivity contribution >= 4 is 22.6 Å². The molecule has 3 aromatic rings. The number of aryl methyl sites for hydroxylation is 1. The van der Waals surface area contributed by atoms with Crippen LogP contribution in [0.15, 0.2) is 29.1 Å². The van der Waals surface area contributed by atoms with Crippen LogP contribution in [0.3, 0.4) is 0 Å². The normalized spacial score (nSPS) is 16.5. The van der Waals surface area contributed by atoms with Crippen molar-refractivity contribution in [1.29, 1.82) is 0 Å². The third-order valence-electron chi connectivity index (χ3n) is 6.60. The first-order chi connectivity index (χ1) is 16.5. The Balaban J connectivity index is 1.74. The van der Waals surface area contributed by atoms with Crippen molar-refractivity contribution in [3.8, 4) is 0 Å². The smallest absolute Gasteiger partial charge is 0.290 e. The number of hydrogen-bond donors (Lipinski definition) is 3. The van der Waals surface area contributed by atoms with Gasteiger partial charge in [-0.25, -0.2) is 23.3 Å². The quantitative estimate of drug-likeness (QED) is 0.504. The van der Waals surface area contributed by atoms with E-state index in [-0.39, 0.29) is 22.8 Å². The molecule has 11 heteroatoms. The largest absolute Gasteiger partial charge is 0.385 e. The summed E-state index contributed by atoms with van der Waals surface area (Å²) in [4.78, 5) is 30.2. The standard InChI is InChI=1S/C24H26F3N5O3/c1-12(15-5-4-6-16(19(15)25)21(26)27)29-22-17-11-18(13(2)28-20(17)23(34)31-30-22)24(35)7-9-32(10-8-24)14(3)33/h4-6,11-12,21,35H,7-10H2,1-3H3,(H,29,30)(H,31,34)/t12-/m1/s1. The number of nitrogens with zero attached hydrogens (tertiary/aromatic N) is 3. The number of alkyl halides is 2. The molecule has 3 N–H and O–H groups in total. The number of fused-ring (bicyclic) bond motifs is 1. The maximum absolute atomic E-state index is 14.7. The van der Waals surface area contributed by atoms with Gasteiger partial charge in [-0.2, -0.15) is 5.10 Å². The van der Waals surface area contributed by atoms with Gasteiger partial charge in [0.05, 0.1) is 22.6 Å². The number of aliphatic hydroxyl groups is 1. The second-order valence-corrected chi connectivity index (χ2v) is 8.87. The molecule has 1 saturated heterocycles. The number of halogens is 3. The first-order valence-corrected chi connectivity index (χ1v) is 11.2. The average molecular weight is 489 g/mol. The highest BCUT2D eigenvalue weighted by Crippen LogP contribution is 2.37. The molecule has 8 nitrogen and oxygen atoms in total. The van der Waals surface area contributed by atoms with Crippen molar-refractivity contribution in [3.05, 3.63) is 62.8 Å². The number of aromatic amines is 1. The highest BCUT2D eigenvalue weighted by Gasteiger charge is 2.37. The zero-order chi connectivity index (χ0) is 25.5. The van der Waals surface area contributed by atoms with Crippen molar-refractivity contribution in [3.63, 3.8) is 0 Å². The predicted molar refractivity (Wildman–Crippen MR) is 124 cm³/mol. The Hall–Kier alpha value is -3.47. The van der Waals surface area contributed by atoms with E-state index in [0.717, 1.165) is 6.07 Å². The van der Waals surface area contributed by atoms with Crippen molar-refractivity contribution in [2.24, 2.45) is 0 Å². The molecule has 0 bridgehead atoms. The Bertz CT molecular complexity index is 1340. The maximum atomic E-state index is 14.7. The zero-order valence-corrected chi connectivity index (χ0v) is 19.5. The number of amides is 1. The van der Waals surface area contributed by atoms with Gasteiger partial charge in [0.15, 0.2) is 5.82 Å².